The van der Waals surface area contributed by atoms with E-state index in [1.807, 2.05) is 18.2 Å². The van der Waals surface area contributed by atoms with Crippen LogP contribution in [0.5, 0.6) is 0 Å². The Morgan fingerprint density at radius 2 is 2.30 bits per heavy atom. The van der Waals surface area contributed by atoms with E-state index in [1.165, 1.54) is 5.57 Å². The van der Waals surface area contributed by atoms with Gasteiger partial charge in [0, 0.05) is 10.8 Å². The van der Waals surface area contributed by atoms with Crippen molar-refractivity contribution in [2.75, 3.05) is 5.75 Å². The quantitative estimate of drug-likeness (QED) is 0.578. The van der Waals surface area contributed by atoms with Crippen molar-refractivity contribution in [3.8, 4) is 0 Å². The molecule has 0 nitrogen and oxygen atoms in total. The summed E-state index contributed by atoms with van der Waals surface area (Å²) in [6.45, 7) is 0. The van der Waals surface area contributed by atoms with Crippen molar-refractivity contribution < 1.29 is 0 Å². The SMILES string of the molecule is SCC1=C(Cl)C=CC=CC1. The topological polar surface area (TPSA) is 0 Å². The minimum Gasteiger partial charge on any atom is -0.175 e. The van der Waals surface area contributed by atoms with Crippen LogP contribution in [0, 0.1) is 0 Å². The molecule has 10 heavy (non-hydrogen) atoms. The molecule has 0 N–H and O–H groups in total. The molecule has 0 atom stereocenters. The van der Waals surface area contributed by atoms with E-state index in [1.54, 1.807) is 0 Å². The van der Waals surface area contributed by atoms with Crippen molar-refractivity contribution in [1.82, 2.24) is 0 Å². The van der Waals surface area contributed by atoms with Crippen molar-refractivity contribution in [2.24, 2.45) is 0 Å². The lowest BCUT2D eigenvalue weighted by Gasteiger charge is -1.98. The van der Waals surface area contributed by atoms with Crippen LogP contribution in [-0.2, 0) is 0 Å². The van der Waals surface area contributed by atoms with E-state index in [-0.39, 0.29) is 0 Å². The highest BCUT2D eigenvalue weighted by Gasteiger charge is 1.99. The molecule has 0 bridgehead atoms. The largest absolute Gasteiger partial charge is 0.175 e. The lowest BCUT2D eigenvalue weighted by atomic mass is 10.2. The fraction of sp³-hybridized carbons (Fsp3) is 0.250. The summed E-state index contributed by atoms with van der Waals surface area (Å²) in [5.74, 6) is 0.744. The van der Waals surface area contributed by atoms with Gasteiger partial charge in [-0.05, 0) is 18.1 Å². The monoisotopic (exact) mass is 172 g/mol. The van der Waals surface area contributed by atoms with Gasteiger partial charge in [0.05, 0.1) is 0 Å². The highest BCUT2D eigenvalue weighted by molar-refractivity contribution is 7.80. The van der Waals surface area contributed by atoms with Crippen molar-refractivity contribution in [2.45, 2.75) is 6.42 Å². The van der Waals surface area contributed by atoms with Gasteiger partial charge >= 0.3 is 0 Å². The van der Waals surface area contributed by atoms with E-state index in [9.17, 15) is 0 Å². The Hall–Kier alpha value is -0.140. The maximum atomic E-state index is 5.89. The summed E-state index contributed by atoms with van der Waals surface area (Å²) in [5.41, 5.74) is 1.19. The molecule has 1 rings (SSSR count). The number of allylic oxidation sites excluding steroid dienone is 5. The summed E-state index contributed by atoms with van der Waals surface area (Å²) in [6, 6.07) is 0. The Morgan fingerprint density at radius 3 is 3.00 bits per heavy atom. The molecule has 0 spiro atoms. The number of hydrogen-bond acceptors (Lipinski definition) is 1. The van der Waals surface area contributed by atoms with E-state index in [2.05, 4.69) is 18.7 Å². The molecular weight excluding hydrogens is 164 g/mol. The molecule has 0 unspecified atom stereocenters. The van der Waals surface area contributed by atoms with Crippen LogP contribution in [0.25, 0.3) is 0 Å². The van der Waals surface area contributed by atoms with Gasteiger partial charge in [-0.3, -0.25) is 0 Å². The van der Waals surface area contributed by atoms with Gasteiger partial charge in [0.15, 0.2) is 0 Å². The predicted octanol–water partition coefficient (Wildman–Crippen LogP) is 2.93. The Balaban J connectivity index is 2.82. The van der Waals surface area contributed by atoms with Crippen molar-refractivity contribution in [1.29, 1.82) is 0 Å². The molecule has 2 heteroatoms. The van der Waals surface area contributed by atoms with E-state index in [0.717, 1.165) is 17.2 Å². The molecular formula is C8H9ClS. The maximum absolute atomic E-state index is 5.89. The second-order valence-electron chi connectivity index (χ2n) is 2.10. The van der Waals surface area contributed by atoms with E-state index in [4.69, 9.17) is 11.6 Å². The Kier molecular flexibility index (Phi) is 3.10. The van der Waals surface area contributed by atoms with Crippen molar-refractivity contribution in [3.63, 3.8) is 0 Å². The van der Waals surface area contributed by atoms with Gasteiger partial charge < -0.3 is 0 Å². The highest BCUT2D eigenvalue weighted by atomic mass is 35.5. The molecule has 0 aromatic carbocycles. The normalized spacial score (nSPS) is 17.8. The summed E-state index contributed by atoms with van der Waals surface area (Å²) in [4.78, 5) is 0. The fourth-order valence-corrected chi connectivity index (χ4v) is 1.39. The minimum absolute atomic E-state index is 0.744. The fourth-order valence-electron chi connectivity index (χ4n) is 0.784. The first-order chi connectivity index (χ1) is 4.84. The van der Waals surface area contributed by atoms with Gasteiger partial charge in [-0.1, -0.05) is 29.8 Å². The van der Waals surface area contributed by atoms with Crippen molar-refractivity contribution >= 4 is 24.2 Å². The lowest BCUT2D eigenvalue weighted by Crippen LogP contribution is -1.83. The second-order valence-corrected chi connectivity index (χ2v) is 2.82. The molecule has 1 aliphatic carbocycles. The van der Waals surface area contributed by atoms with Crippen LogP contribution in [0.2, 0.25) is 0 Å². The molecule has 0 aliphatic heterocycles. The maximum Gasteiger partial charge on any atom is 0.0409 e. The molecule has 54 valence electrons. The number of hydrogen-bond donors (Lipinski definition) is 1. The van der Waals surface area contributed by atoms with Gasteiger partial charge in [0.2, 0.25) is 0 Å². The summed E-state index contributed by atoms with van der Waals surface area (Å²) >= 11 is 10.1. The Morgan fingerprint density at radius 1 is 1.50 bits per heavy atom. The van der Waals surface area contributed by atoms with E-state index >= 15 is 0 Å². The molecule has 0 amide bonds. The zero-order valence-electron chi connectivity index (χ0n) is 5.55. The summed E-state index contributed by atoms with van der Waals surface area (Å²) < 4.78 is 0. The summed E-state index contributed by atoms with van der Waals surface area (Å²) in [6.07, 6.45) is 8.85. The van der Waals surface area contributed by atoms with Gasteiger partial charge in [-0.15, -0.1) is 0 Å². The smallest absolute Gasteiger partial charge is 0.0409 e. The Labute approximate surface area is 71.7 Å². The standard InChI is InChI=1S/C8H9ClS/c9-8-5-3-1-2-4-7(8)6-10/h1-3,5,10H,4,6H2. The number of thiol groups is 1. The van der Waals surface area contributed by atoms with Crippen LogP contribution in [0.3, 0.4) is 0 Å². The summed E-state index contributed by atoms with van der Waals surface area (Å²) in [7, 11) is 0. The second kappa shape index (κ2) is 3.89. The van der Waals surface area contributed by atoms with Crippen LogP contribution in [0.15, 0.2) is 34.9 Å². The number of rotatable bonds is 1. The van der Waals surface area contributed by atoms with Crippen molar-refractivity contribution in [3.05, 3.63) is 34.9 Å². The first-order valence-electron chi connectivity index (χ1n) is 3.16. The first-order valence-corrected chi connectivity index (χ1v) is 4.17. The van der Waals surface area contributed by atoms with Crippen LogP contribution in [0.4, 0.5) is 0 Å². The van der Waals surface area contributed by atoms with Gasteiger partial charge in [0.1, 0.15) is 0 Å². The molecule has 0 saturated heterocycles. The molecule has 0 fully saturated rings. The average Bonchev–Trinajstić information content (AvgIpc) is 2.13. The van der Waals surface area contributed by atoms with Crippen LogP contribution in [-0.4, -0.2) is 5.75 Å². The average molecular weight is 173 g/mol. The summed E-state index contributed by atoms with van der Waals surface area (Å²) in [5, 5.41) is 0.833. The van der Waals surface area contributed by atoms with Crippen LogP contribution < -0.4 is 0 Å². The third kappa shape index (κ3) is 1.93. The molecule has 1 aliphatic rings. The molecule has 0 saturated carbocycles. The third-order valence-electron chi connectivity index (χ3n) is 1.38. The molecule has 0 radical (unpaired) electrons. The zero-order valence-corrected chi connectivity index (χ0v) is 7.20. The first kappa shape index (κ1) is 7.96. The van der Waals surface area contributed by atoms with Crippen LogP contribution >= 0.6 is 24.2 Å². The molecule has 0 heterocycles. The van der Waals surface area contributed by atoms with Gasteiger partial charge in [-0.25, -0.2) is 0 Å². The molecule has 0 aromatic heterocycles. The number of halogens is 1. The van der Waals surface area contributed by atoms with Gasteiger partial charge in [0.25, 0.3) is 0 Å². The van der Waals surface area contributed by atoms with Gasteiger partial charge in [-0.2, -0.15) is 12.6 Å². The molecule has 0 aromatic rings. The van der Waals surface area contributed by atoms with Crippen LogP contribution in [0.1, 0.15) is 6.42 Å². The zero-order chi connectivity index (χ0) is 7.40. The lowest BCUT2D eigenvalue weighted by molar-refractivity contribution is 1.22. The van der Waals surface area contributed by atoms with E-state index in [0.29, 0.717) is 0 Å². The highest BCUT2D eigenvalue weighted by Crippen LogP contribution is 2.18. The Bertz CT molecular complexity index is 201. The van der Waals surface area contributed by atoms with E-state index < -0.39 is 0 Å². The predicted molar refractivity (Wildman–Crippen MR) is 49.6 cm³/mol. The minimum atomic E-state index is 0.744. The third-order valence-corrected chi connectivity index (χ3v) is 2.16.